The van der Waals surface area contributed by atoms with E-state index < -0.39 is 11.8 Å². The van der Waals surface area contributed by atoms with Crippen LogP contribution in [-0.4, -0.2) is 71.2 Å². The highest BCUT2D eigenvalue weighted by atomic mass is 16.5. The minimum Gasteiger partial charge on any atom is -0.497 e. The van der Waals surface area contributed by atoms with Gasteiger partial charge in [0.1, 0.15) is 17.1 Å². The van der Waals surface area contributed by atoms with Crippen LogP contribution in [0.1, 0.15) is 64.2 Å². The lowest BCUT2D eigenvalue weighted by atomic mass is 10.0. The Hall–Kier alpha value is -5.10. The summed E-state index contributed by atoms with van der Waals surface area (Å²) in [7, 11) is 1.60. The highest BCUT2D eigenvalue weighted by Crippen LogP contribution is 2.26. The average Bonchev–Trinajstić information content (AvgIpc) is 3.63. The zero-order valence-corrected chi connectivity index (χ0v) is 27.2. The molecule has 2 amide bonds. The smallest absolute Gasteiger partial charge is 0.267 e. The van der Waals surface area contributed by atoms with E-state index in [-0.39, 0.29) is 17.5 Å². The number of amides is 2. The van der Waals surface area contributed by atoms with Gasteiger partial charge in [-0.1, -0.05) is 24.3 Å². The van der Waals surface area contributed by atoms with Crippen LogP contribution in [0.3, 0.4) is 0 Å². The van der Waals surface area contributed by atoms with Crippen molar-refractivity contribution < 1.29 is 19.1 Å². The Bertz CT molecular complexity index is 1720. The van der Waals surface area contributed by atoms with Crippen molar-refractivity contribution in [3.05, 3.63) is 77.1 Å². The van der Waals surface area contributed by atoms with Gasteiger partial charge in [0.25, 0.3) is 11.8 Å². The van der Waals surface area contributed by atoms with Gasteiger partial charge in [0.15, 0.2) is 0 Å². The van der Waals surface area contributed by atoms with Crippen molar-refractivity contribution in [1.82, 2.24) is 19.9 Å². The molecule has 2 aliphatic heterocycles. The molecule has 2 fully saturated rings. The lowest BCUT2D eigenvalue weighted by Crippen LogP contribution is -2.31. The maximum atomic E-state index is 11.7. The number of rotatable bonds is 9. The van der Waals surface area contributed by atoms with Crippen LogP contribution in [0.25, 0.3) is 22.5 Å². The number of aryl methyl sites for hydroxylation is 2. The van der Waals surface area contributed by atoms with E-state index in [9.17, 15) is 9.59 Å². The van der Waals surface area contributed by atoms with E-state index in [0.717, 1.165) is 62.2 Å². The van der Waals surface area contributed by atoms with Crippen molar-refractivity contribution in [1.29, 1.82) is 0 Å². The van der Waals surface area contributed by atoms with Crippen LogP contribution >= 0.6 is 0 Å². The van der Waals surface area contributed by atoms with Crippen LogP contribution in [-0.2, 0) is 4.74 Å². The molecule has 0 bridgehead atoms. The van der Waals surface area contributed by atoms with E-state index in [1.807, 2.05) is 30.3 Å². The number of nitrogens with one attached hydrogen (secondary N) is 1. The number of benzene rings is 2. The number of ether oxygens (including phenoxy) is 2. The summed E-state index contributed by atoms with van der Waals surface area (Å²) in [6.07, 6.45) is 5.70. The number of carbonyl (C=O) groups is 2. The number of carbonyl (C=O) groups excluding carboxylic acids is 2. The quantitative estimate of drug-likeness (QED) is 0.234. The van der Waals surface area contributed by atoms with Crippen molar-refractivity contribution in [2.75, 3.05) is 43.6 Å². The van der Waals surface area contributed by atoms with Gasteiger partial charge in [0, 0.05) is 37.4 Å². The van der Waals surface area contributed by atoms with E-state index in [2.05, 4.69) is 56.1 Å². The molecule has 6 rings (SSSR count). The van der Waals surface area contributed by atoms with Gasteiger partial charge in [0.2, 0.25) is 11.9 Å². The number of methoxy groups -OCH3 is 1. The van der Waals surface area contributed by atoms with Crippen LogP contribution in [0, 0.1) is 13.8 Å². The zero-order valence-electron chi connectivity index (χ0n) is 27.2. The van der Waals surface area contributed by atoms with Gasteiger partial charge < -0.3 is 31.2 Å². The molecule has 5 N–H and O–H groups in total. The minimum absolute atomic E-state index is 0.145. The third-order valence-corrected chi connectivity index (χ3v) is 8.26. The van der Waals surface area contributed by atoms with Crippen LogP contribution < -0.4 is 26.4 Å². The van der Waals surface area contributed by atoms with Gasteiger partial charge in [-0.05, 0) is 87.4 Å². The fourth-order valence-electron chi connectivity index (χ4n) is 5.44. The third-order valence-electron chi connectivity index (χ3n) is 8.26. The number of aromatic nitrogens is 4. The molecule has 12 heteroatoms. The SMILES string of the molecule is COc1cccc(-c2cc(C(N)=O)nc(NCC3CCCO3)n2)c1.Cc1ccc(-c2cc(C(N)=O)nc(N3CCCCC3)n2)cc1C. The number of hydrogen-bond acceptors (Lipinski definition) is 10. The normalized spacial score (nSPS) is 15.8. The summed E-state index contributed by atoms with van der Waals surface area (Å²) in [5, 5.41) is 3.13. The molecule has 0 radical (unpaired) electrons. The molecule has 4 heterocycles. The predicted octanol–water partition coefficient (Wildman–Crippen LogP) is 4.69. The van der Waals surface area contributed by atoms with E-state index in [0.29, 0.717) is 29.9 Å². The van der Waals surface area contributed by atoms with E-state index >= 15 is 0 Å². The average molecular weight is 639 g/mol. The van der Waals surface area contributed by atoms with E-state index in [1.165, 1.54) is 17.5 Å². The minimum atomic E-state index is -0.596. The molecule has 1 unspecified atom stereocenters. The molecular weight excluding hydrogens is 596 g/mol. The largest absolute Gasteiger partial charge is 0.497 e. The molecule has 2 aromatic carbocycles. The second-order valence-corrected chi connectivity index (χ2v) is 11.7. The van der Waals surface area contributed by atoms with Gasteiger partial charge in [0.05, 0.1) is 24.6 Å². The van der Waals surface area contributed by atoms with Crippen molar-refractivity contribution in [2.24, 2.45) is 11.5 Å². The van der Waals surface area contributed by atoms with E-state index in [1.54, 1.807) is 19.2 Å². The molecule has 2 aromatic heterocycles. The van der Waals surface area contributed by atoms with Gasteiger partial charge in [-0.25, -0.2) is 19.9 Å². The molecule has 0 saturated carbocycles. The maximum absolute atomic E-state index is 11.7. The first-order valence-corrected chi connectivity index (χ1v) is 15.9. The molecule has 2 aliphatic rings. The van der Waals surface area contributed by atoms with Gasteiger partial charge in [-0.3, -0.25) is 9.59 Å². The first kappa shape index (κ1) is 33.3. The first-order chi connectivity index (χ1) is 22.7. The topological polar surface area (TPSA) is 171 Å². The molecule has 246 valence electrons. The highest BCUT2D eigenvalue weighted by Gasteiger charge is 2.19. The summed E-state index contributed by atoms with van der Waals surface area (Å²) in [5.74, 6) is 0.562. The molecule has 12 nitrogen and oxygen atoms in total. The monoisotopic (exact) mass is 638 g/mol. The summed E-state index contributed by atoms with van der Waals surface area (Å²) in [5.41, 5.74) is 16.9. The summed E-state index contributed by atoms with van der Waals surface area (Å²) >= 11 is 0. The first-order valence-electron chi connectivity index (χ1n) is 15.9. The number of nitrogens with two attached hydrogens (primary N) is 2. The number of hydrogen-bond donors (Lipinski definition) is 3. The number of primary amides is 2. The van der Waals surface area contributed by atoms with Crippen LogP contribution in [0.2, 0.25) is 0 Å². The number of nitrogens with zero attached hydrogens (tertiary/aromatic N) is 5. The van der Waals surface area contributed by atoms with Crippen molar-refractivity contribution in [2.45, 2.75) is 52.1 Å². The van der Waals surface area contributed by atoms with Crippen LogP contribution in [0.5, 0.6) is 5.75 Å². The lowest BCUT2D eigenvalue weighted by Gasteiger charge is -2.27. The lowest BCUT2D eigenvalue weighted by molar-refractivity contribution is 0.0987. The Morgan fingerprint density at radius 1 is 0.851 bits per heavy atom. The predicted molar refractivity (Wildman–Crippen MR) is 182 cm³/mol. The molecule has 1 atom stereocenters. The highest BCUT2D eigenvalue weighted by molar-refractivity contribution is 5.92. The van der Waals surface area contributed by atoms with E-state index in [4.69, 9.17) is 20.9 Å². The molecular formula is C35H42N8O4. The fourth-order valence-corrected chi connectivity index (χ4v) is 5.44. The molecule has 47 heavy (non-hydrogen) atoms. The zero-order chi connectivity index (χ0) is 33.3. The Morgan fingerprint density at radius 3 is 2.21 bits per heavy atom. The van der Waals surface area contributed by atoms with Gasteiger partial charge >= 0.3 is 0 Å². The summed E-state index contributed by atoms with van der Waals surface area (Å²) < 4.78 is 10.8. The Morgan fingerprint density at radius 2 is 1.55 bits per heavy atom. The van der Waals surface area contributed by atoms with Gasteiger partial charge in [-0.15, -0.1) is 0 Å². The second kappa shape index (κ2) is 15.5. The Labute approximate surface area is 274 Å². The number of anilines is 2. The summed E-state index contributed by atoms with van der Waals surface area (Å²) in [6, 6.07) is 16.9. The Balaban J connectivity index is 0.000000185. The maximum Gasteiger partial charge on any atom is 0.267 e. The molecule has 0 aliphatic carbocycles. The van der Waals surface area contributed by atoms with Crippen molar-refractivity contribution >= 4 is 23.7 Å². The van der Waals surface area contributed by atoms with Gasteiger partial charge in [-0.2, -0.15) is 0 Å². The van der Waals surface area contributed by atoms with Crippen molar-refractivity contribution in [3.63, 3.8) is 0 Å². The number of piperidine rings is 1. The molecule has 0 spiro atoms. The summed E-state index contributed by atoms with van der Waals surface area (Å²) in [4.78, 5) is 43.1. The fraction of sp³-hybridized carbons (Fsp3) is 0.371. The second-order valence-electron chi connectivity index (χ2n) is 11.7. The summed E-state index contributed by atoms with van der Waals surface area (Å²) in [6.45, 7) is 7.38. The molecule has 2 saturated heterocycles. The van der Waals surface area contributed by atoms with Crippen molar-refractivity contribution in [3.8, 4) is 28.3 Å². The third kappa shape index (κ3) is 8.79. The Kier molecular flexibility index (Phi) is 10.9. The molecule has 4 aromatic rings. The van der Waals surface area contributed by atoms with Crippen LogP contribution in [0.4, 0.5) is 11.9 Å². The standard InChI is InChI=1S/C18H22N4O.C17H20N4O3/c1-12-6-7-14(10-13(12)2)15-11-16(17(19)23)21-18(20-15)22-8-4-3-5-9-22;1-23-12-5-2-4-11(8-12)14-9-15(16(18)22)21-17(20-14)19-10-13-6-3-7-24-13/h6-7,10-11H,3-5,8-9H2,1-2H3,(H2,19,23);2,4-5,8-9,13H,3,6-7,10H2,1H3,(H2,18,22)(H,19,20,21). The van der Waals surface area contributed by atoms with Crippen LogP contribution in [0.15, 0.2) is 54.6 Å².